The highest BCUT2D eigenvalue weighted by molar-refractivity contribution is 7.90. The van der Waals surface area contributed by atoms with Gasteiger partial charge in [0.1, 0.15) is 17.7 Å². The number of fused-ring (bicyclic) bond motifs is 1. The van der Waals surface area contributed by atoms with Gasteiger partial charge < -0.3 is 5.32 Å². The van der Waals surface area contributed by atoms with E-state index >= 15 is 0 Å². The van der Waals surface area contributed by atoms with Gasteiger partial charge in [-0.3, -0.25) is 14.5 Å². The van der Waals surface area contributed by atoms with Crippen molar-refractivity contribution in [1.29, 1.82) is 0 Å². The fourth-order valence-electron chi connectivity index (χ4n) is 2.78. The first-order valence-electron chi connectivity index (χ1n) is 8.75. The van der Waals surface area contributed by atoms with Crippen molar-refractivity contribution in [2.75, 3.05) is 5.32 Å². The highest BCUT2D eigenvalue weighted by Gasteiger charge is 2.33. The molecule has 0 radical (unpaired) electrons. The van der Waals surface area contributed by atoms with E-state index in [1.54, 1.807) is 30.5 Å². The highest BCUT2D eigenvalue weighted by atomic mass is 32.2. The summed E-state index contributed by atoms with van der Waals surface area (Å²) in [6.07, 6.45) is 2.38. The third kappa shape index (κ3) is 4.00. The number of anilines is 1. The zero-order valence-corrected chi connectivity index (χ0v) is 16.2. The molecule has 8 heteroatoms. The van der Waals surface area contributed by atoms with Crippen LogP contribution >= 0.6 is 0 Å². The molecule has 0 saturated heterocycles. The Morgan fingerprint density at radius 2 is 2.00 bits per heavy atom. The molecule has 1 aromatic heterocycles. The van der Waals surface area contributed by atoms with Crippen LogP contribution in [0.1, 0.15) is 31.4 Å². The molecule has 0 spiro atoms. The number of nitrogens with zero attached hydrogens (tertiary/aromatic N) is 2. The van der Waals surface area contributed by atoms with Crippen LogP contribution in [0.3, 0.4) is 0 Å². The van der Waals surface area contributed by atoms with Crippen LogP contribution in [-0.2, 0) is 14.8 Å². The Balaban J connectivity index is 1.93. The summed E-state index contributed by atoms with van der Waals surface area (Å²) in [6, 6.07) is 9.43. The van der Waals surface area contributed by atoms with E-state index in [0.717, 1.165) is 5.56 Å². The minimum atomic E-state index is -3.65. The maximum absolute atomic E-state index is 12.8. The second-order valence-corrected chi connectivity index (χ2v) is 8.27. The summed E-state index contributed by atoms with van der Waals surface area (Å²) < 4.78 is 27.0. The molecule has 2 aromatic rings. The number of carbonyl (C=O) groups excluding carboxylic acids is 1. The molecule has 0 saturated carbocycles. The van der Waals surface area contributed by atoms with E-state index in [9.17, 15) is 13.2 Å². The Hall–Kier alpha value is -2.74. The predicted molar refractivity (Wildman–Crippen MR) is 104 cm³/mol. The maximum atomic E-state index is 12.8. The van der Waals surface area contributed by atoms with Crippen molar-refractivity contribution in [1.82, 2.24) is 9.71 Å². The fourth-order valence-corrected chi connectivity index (χ4v) is 4.02. The number of carbonyl (C=O) groups is 1. The van der Waals surface area contributed by atoms with Gasteiger partial charge in [-0.15, -0.1) is 0 Å². The smallest absolute Gasteiger partial charge is 0.263 e. The summed E-state index contributed by atoms with van der Waals surface area (Å²) in [7, 11) is -3.65. The minimum Gasteiger partial charge on any atom is -0.309 e. The molecule has 1 aromatic carbocycles. The van der Waals surface area contributed by atoms with Crippen LogP contribution < -0.4 is 10.0 Å². The van der Waals surface area contributed by atoms with Crippen molar-refractivity contribution < 1.29 is 13.2 Å². The van der Waals surface area contributed by atoms with Gasteiger partial charge >= 0.3 is 0 Å². The Morgan fingerprint density at radius 1 is 1.26 bits per heavy atom. The third-order valence-electron chi connectivity index (χ3n) is 4.55. The zero-order valence-electron chi connectivity index (χ0n) is 15.4. The number of amides is 1. The van der Waals surface area contributed by atoms with Crippen LogP contribution in [0.2, 0.25) is 0 Å². The van der Waals surface area contributed by atoms with Gasteiger partial charge in [-0.05, 0) is 36.6 Å². The number of aryl methyl sites for hydroxylation is 1. The Labute approximate surface area is 159 Å². The predicted octanol–water partition coefficient (Wildman–Crippen LogP) is 2.48. The van der Waals surface area contributed by atoms with E-state index in [-0.39, 0.29) is 22.6 Å². The van der Waals surface area contributed by atoms with Crippen LogP contribution in [0.4, 0.5) is 5.82 Å². The van der Waals surface area contributed by atoms with Gasteiger partial charge in [0.2, 0.25) is 0 Å². The van der Waals surface area contributed by atoms with Gasteiger partial charge in [0.15, 0.2) is 0 Å². The summed E-state index contributed by atoms with van der Waals surface area (Å²) in [5.41, 5.74) is 1.47. The van der Waals surface area contributed by atoms with Gasteiger partial charge in [-0.1, -0.05) is 38.5 Å². The van der Waals surface area contributed by atoms with E-state index in [2.05, 4.69) is 20.0 Å². The molecule has 27 heavy (non-hydrogen) atoms. The van der Waals surface area contributed by atoms with Crippen molar-refractivity contribution in [3.8, 4) is 0 Å². The first-order chi connectivity index (χ1) is 12.8. The van der Waals surface area contributed by atoms with Crippen molar-refractivity contribution in [2.45, 2.75) is 38.1 Å². The largest absolute Gasteiger partial charge is 0.309 e. The van der Waals surface area contributed by atoms with Crippen LogP contribution in [-0.4, -0.2) is 31.2 Å². The average molecular weight is 386 g/mol. The molecule has 2 N–H and O–H groups in total. The number of pyridine rings is 1. The number of amidine groups is 1. The summed E-state index contributed by atoms with van der Waals surface area (Å²) in [4.78, 5) is 21.7. The first kappa shape index (κ1) is 19.0. The van der Waals surface area contributed by atoms with Crippen molar-refractivity contribution in [3.63, 3.8) is 0 Å². The molecular formula is C19H22N4O3S. The normalized spacial score (nSPS) is 18.4. The lowest BCUT2D eigenvalue weighted by molar-refractivity contribution is -0.118. The Bertz CT molecular complexity index is 984. The van der Waals surface area contributed by atoms with Gasteiger partial charge in [0, 0.05) is 11.8 Å². The second-order valence-electron chi connectivity index (χ2n) is 6.62. The van der Waals surface area contributed by atoms with Crippen molar-refractivity contribution >= 4 is 27.6 Å². The number of hydrogen-bond acceptors (Lipinski definition) is 5. The highest BCUT2D eigenvalue weighted by Crippen LogP contribution is 2.24. The van der Waals surface area contributed by atoms with Crippen molar-refractivity contribution in [2.24, 2.45) is 10.9 Å². The van der Waals surface area contributed by atoms with E-state index in [0.29, 0.717) is 17.8 Å². The molecule has 0 unspecified atom stereocenters. The summed E-state index contributed by atoms with van der Waals surface area (Å²) in [5.74, 6) is 0.228. The Kier molecular flexibility index (Phi) is 5.27. The van der Waals surface area contributed by atoms with E-state index in [1.807, 2.05) is 26.8 Å². The van der Waals surface area contributed by atoms with Crippen LogP contribution in [0, 0.1) is 12.8 Å². The maximum Gasteiger partial charge on any atom is 0.263 e. The van der Waals surface area contributed by atoms with Gasteiger partial charge in [-0.25, -0.2) is 13.4 Å². The summed E-state index contributed by atoms with van der Waals surface area (Å²) in [5, 5.41) is 2.77. The number of sulfonamides is 1. The topological polar surface area (TPSA) is 101 Å². The quantitative estimate of drug-likeness (QED) is 0.824. The first-order valence-corrected chi connectivity index (χ1v) is 10.2. The molecule has 1 amide bonds. The number of rotatable bonds is 5. The molecule has 1 aliphatic heterocycles. The van der Waals surface area contributed by atoms with Gasteiger partial charge in [-0.2, -0.15) is 0 Å². The lowest BCUT2D eigenvalue weighted by atomic mass is 9.98. The van der Waals surface area contributed by atoms with E-state index in [1.165, 1.54) is 6.07 Å². The molecule has 0 bridgehead atoms. The summed E-state index contributed by atoms with van der Waals surface area (Å²) >= 11 is 0. The summed E-state index contributed by atoms with van der Waals surface area (Å²) in [6.45, 7) is 5.78. The Morgan fingerprint density at radius 3 is 2.67 bits per heavy atom. The molecule has 3 rings (SSSR count). The second kappa shape index (κ2) is 7.48. The molecular weight excluding hydrogens is 364 g/mol. The van der Waals surface area contributed by atoms with Gasteiger partial charge in [0.25, 0.3) is 15.9 Å². The minimum absolute atomic E-state index is 0.0831. The lowest BCUT2D eigenvalue weighted by Crippen LogP contribution is -2.35. The number of hydrogen-bond donors (Lipinski definition) is 2. The van der Waals surface area contributed by atoms with Crippen molar-refractivity contribution in [3.05, 3.63) is 53.7 Å². The van der Waals surface area contributed by atoms with Crippen LogP contribution in [0.25, 0.3) is 0 Å². The van der Waals surface area contributed by atoms with Crippen LogP contribution in [0.5, 0.6) is 0 Å². The van der Waals surface area contributed by atoms with E-state index in [4.69, 9.17) is 0 Å². The SMILES string of the molecule is CC[C@H](C)[C@H](N=C1NS(=O)(=O)c2ccccc21)C(=O)Nc1ccc(C)cn1. The standard InChI is InChI=1S/C19H22N4O3S/c1-4-13(3)17(19(24)21-16-10-9-12(2)11-20-16)22-18-14-7-5-6-8-15(14)27(25,26)23-18/h5-11,13,17H,4H2,1-3H3,(H,22,23)(H,20,21,24)/t13-,17-/m0/s1. The molecule has 7 nitrogen and oxygen atoms in total. The molecule has 1 aliphatic rings. The lowest BCUT2D eigenvalue weighted by Gasteiger charge is -2.19. The van der Waals surface area contributed by atoms with Gasteiger partial charge in [0.05, 0.1) is 4.90 Å². The zero-order chi connectivity index (χ0) is 19.6. The van der Waals surface area contributed by atoms with E-state index < -0.39 is 16.1 Å². The number of nitrogens with one attached hydrogen (secondary N) is 2. The molecule has 142 valence electrons. The molecule has 0 fully saturated rings. The molecule has 2 heterocycles. The third-order valence-corrected chi connectivity index (χ3v) is 5.94. The molecule has 2 atom stereocenters. The fraction of sp³-hybridized carbons (Fsp3) is 0.316. The number of aromatic nitrogens is 1. The average Bonchev–Trinajstić information content (AvgIpc) is 2.91. The monoisotopic (exact) mass is 386 g/mol. The number of aliphatic imine (C=N–C) groups is 1. The van der Waals surface area contributed by atoms with Crippen LogP contribution in [0.15, 0.2) is 52.5 Å². The number of benzene rings is 1. The molecule has 0 aliphatic carbocycles.